The van der Waals surface area contributed by atoms with Gasteiger partial charge in [-0.2, -0.15) is 0 Å². The van der Waals surface area contributed by atoms with Crippen molar-refractivity contribution in [1.82, 2.24) is 15.5 Å². The van der Waals surface area contributed by atoms with Crippen molar-refractivity contribution in [3.05, 3.63) is 52.2 Å². The van der Waals surface area contributed by atoms with Gasteiger partial charge in [0.1, 0.15) is 0 Å². The Kier molecular flexibility index (Phi) is 9.89. The molecule has 4 rings (SSSR count). The fourth-order valence-corrected chi connectivity index (χ4v) is 5.17. The molecular weight excluding hydrogens is 521 g/mol. The Morgan fingerprint density at radius 1 is 1.06 bits per heavy atom. The van der Waals surface area contributed by atoms with Crippen LogP contribution >= 0.6 is 35.3 Å². The molecule has 2 fully saturated rings. The number of aliphatic imine (C=N–C) groups is 1. The van der Waals surface area contributed by atoms with Crippen LogP contribution in [0.5, 0.6) is 0 Å². The van der Waals surface area contributed by atoms with Crippen LogP contribution in [0.4, 0.5) is 5.69 Å². The van der Waals surface area contributed by atoms with Crippen molar-refractivity contribution in [3.8, 4) is 0 Å². The van der Waals surface area contributed by atoms with Gasteiger partial charge in [0, 0.05) is 43.8 Å². The molecule has 170 valence electrons. The van der Waals surface area contributed by atoms with Gasteiger partial charge in [0.2, 0.25) is 0 Å². The average molecular weight is 556 g/mol. The highest BCUT2D eigenvalue weighted by molar-refractivity contribution is 14.0. The monoisotopic (exact) mass is 555 g/mol. The Bertz CT molecular complexity index is 804. The molecule has 6 nitrogen and oxygen atoms in total. The Hall–Kier alpha value is -1.36. The summed E-state index contributed by atoms with van der Waals surface area (Å²) in [6.07, 6.45) is 2.60. The highest BCUT2D eigenvalue weighted by Crippen LogP contribution is 2.28. The second-order valence-electron chi connectivity index (χ2n) is 7.81. The van der Waals surface area contributed by atoms with Gasteiger partial charge in [0.05, 0.1) is 19.3 Å². The van der Waals surface area contributed by atoms with Crippen molar-refractivity contribution in [2.75, 3.05) is 57.9 Å². The molecule has 2 N–H and O–H groups in total. The molecule has 1 atom stereocenters. The zero-order valence-corrected chi connectivity index (χ0v) is 21.4. The van der Waals surface area contributed by atoms with E-state index >= 15 is 0 Å². The number of thiophene rings is 1. The molecule has 2 aromatic rings. The minimum absolute atomic E-state index is 0. The van der Waals surface area contributed by atoms with E-state index in [4.69, 9.17) is 4.74 Å². The lowest BCUT2D eigenvalue weighted by Crippen LogP contribution is -2.42. The van der Waals surface area contributed by atoms with Crippen LogP contribution in [-0.2, 0) is 11.3 Å². The summed E-state index contributed by atoms with van der Waals surface area (Å²) in [5.74, 6) is 0.854. The van der Waals surface area contributed by atoms with Gasteiger partial charge < -0.3 is 20.3 Å². The number of para-hydroxylation sites is 1. The zero-order valence-electron chi connectivity index (χ0n) is 18.3. The summed E-state index contributed by atoms with van der Waals surface area (Å²) in [5, 5.41) is 9.27. The normalized spacial score (nSPS) is 18.5. The molecule has 2 aliphatic rings. The summed E-state index contributed by atoms with van der Waals surface area (Å²) in [5.41, 5.74) is 2.58. The molecule has 31 heavy (non-hydrogen) atoms. The highest BCUT2D eigenvalue weighted by Gasteiger charge is 2.24. The maximum absolute atomic E-state index is 5.51. The Morgan fingerprint density at radius 2 is 1.84 bits per heavy atom. The highest BCUT2D eigenvalue weighted by atomic mass is 127. The first-order valence-electron chi connectivity index (χ1n) is 11.0. The SMILES string of the molecule is CN=C(NCc1ccccc1N1CCOCC1)NCC(c1cccs1)N1CCCC1.I. The molecule has 1 aromatic heterocycles. The molecule has 1 aromatic carbocycles. The zero-order chi connectivity index (χ0) is 20.6. The number of ether oxygens (including phenoxy) is 1. The van der Waals surface area contributed by atoms with Gasteiger partial charge in [-0.1, -0.05) is 24.3 Å². The largest absolute Gasteiger partial charge is 0.378 e. The number of anilines is 1. The number of nitrogens with one attached hydrogen (secondary N) is 2. The van der Waals surface area contributed by atoms with E-state index in [1.165, 1.54) is 42.1 Å². The van der Waals surface area contributed by atoms with Gasteiger partial charge in [-0.25, -0.2) is 0 Å². The molecule has 2 aliphatic heterocycles. The average Bonchev–Trinajstić information content (AvgIpc) is 3.52. The van der Waals surface area contributed by atoms with Crippen LogP contribution in [0.25, 0.3) is 0 Å². The molecule has 1 unspecified atom stereocenters. The van der Waals surface area contributed by atoms with Gasteiger partial charge >= 0.3 is 0 Å². The van der Waals surface area contributed by atoms with E-state index in [9.17, 15) is 0 Å². The summed E-state index contributed by atoms with van der Waals surface area (Å²) in [6.45, 7) is 7.47. The summed E-state index contributed by atoms with van der Waals surface area (Å²) in [6, 6.07) is 13.4. The van der Waals surface area contributed by atoms with E-state index in [1.807, 2.05) is 18.4 Å². The fraction of sp³-hybridized carbons (Fsp3) is 0.522. The molecule has 0 saturated carbocycles. The lowest BCUT2D eigenvalue weighted by molar-refractivity contribution is 0.122. The maximum Gasteiger partial charge on any atom is 0.191 e. The van der Waals surface area contributed by atoms with Crippen molar-refractivity contribution in [3.63, 3.8) is 0 Å². The lowest BCUT2D eigenvalue weighted by atomic mass is 10.1. The lowest BCUT2D eigenvalue weighted by Gasteiger charge is -2.31. The number of hydrogen-bond donors (Lipinski definition) is 2. The van der Waals surface area contributed by atoms with E-state index in [1.54, 1.807) is 0 Å². The van der Waals surface area contributed by atoms with Crippen LogP contribution in [0.15, 0.2) is 46.8 Å². The maximum atomic E-state index is 5.51. The summed E-state index contributed by atoms with van der Waals surface area (Å²) < 4.78 is 5.51. The number of hydrogen-bond acceptors (Lipinski definition) is 5. The first-order valence-corrected chi connectivity index (χ1v) is 11.9. The third kappa shape index (κ3) is 6.57. The number of benzene rings is 1. The quantitative estimate of drug-likeness (QED) is 0.310. The van der Waals surface area contributed by atoms with Gasteiger partial charge in [-0.3, -0.25) is 9.89 Å². The van der Waals surface area contributed by atoms with Crippen LogP contribution < -0.4 is 15.5 Å². The van der Waals surface area contributed by atoms with Crippen molar-refractivity contribution in [1.29, 1.82) is 0 Å². The molecule has 2 saturated heterocycles. The van der Waals surface area contributed by atoms with Crippen LogP contribution in [0.1, 0.15) is 29.3 Å². The van der Waals surface area contributed by atoms with Crippen LogP contribution in [0.2, 0.25) is 0 Å². The Labute approximate surface area is 207 Å². The molecule has 0 spiro atoms. The minimum Gasteiger partial charge on any atom is -0.378 e. The van der Waals surface area contributed by atoms with Gasteiger partial charge in [0.25, 0.3) is 0 Å². The smallest absolute Gasteiger partial charge is 0.191 e. The molecule has 8 heteroatoms. The van der Waals surface area contributed by atoms with Crippen molar-refractivity contribution >= 4 is 47.0 Å². The molecule has 0 radical (unpaired) electrons. The topological polar surface area (TPSA) is 52.1 Å². The van der Waals surface area contributed by atoms with Gasteiger partial charge in [0.15, 0.2) is 5.96 Å². The first-order chi connectivity index (χ1) is 14.8. The van der Waals surface area contributed by atoms with Crippen LogP contribution in [0, 0.1) is 0 Å². The summed E-state index contributed by atoms with van der Waals surface area (Å²) >= 11 is 1.85. The van der Waals surface area contributed by atoms with Gasteiger partial charge in [-0.05, 0) is 49.0 Å². The number of guanidine groups is 1. The standard InChI is InChI=1S/C23H33N5OS.HI/c1-24-23(26-18-21(22-9-6-16-30-22)27-10-4-5-11-27)25-17-19-7-2-3-8-20(19)28-12-14-29-15-13-28;/h2-3,6-9,16,21H,4-5,10-15,17-18H2,1H3,(H2,24,25,26);1H. The summed E-state index contributed by atoms with van der Waals surface area (Å²) in [7, 11) is 1.85. The van der Waals surface area contributed by atoms with Crippen LogP contribution in [-0.4, -0.2) is 63.8 Å². The molecule has 3 heterocycles. The third-order valence-electron chi connectivity index (χ3n) is 5.93. The van der Waals surface area contributed by atoms with Crippen molar-refractivity contribution < 1.29 is 4.74 Å². The Morgan fingerprint density at radius 3 is 2.55 bits per heavy atom. The van der Waals surface area contributed by atoms with E-state index < -0.39 is 0 Å². The van der Waals surface area contributed by atoms with Crippen molar-refractivity contribution in [2.45, 2.75) is 25.4 Å². The number of nitrogens with zero attached hydrogens (tertiary/aromatic N) is 3. The third-order valence-corrected chi connectivity index (χ3v) is 6.90. The van der Waals surface area contributed by atoms with E-state index in [0.29, 0.717) is 6.04 Å². The molecular formula is C23H34IN5OS. The molecule has 0 amide bonds. The van der Waals surface area contributed by atoms with E-state index in [0.717, 1.165) is 45.4 Å². The number of likely N-dealkylation sites (tertiary alicyclic amines) is 1. The second kappa shape index (κ2) is 12.6. The van der Waals surface area contributed by atoms with Crippen molar-refractivity contribution in [2.24, 2.45) is 4.99 Å². The van der Waals surface area contributed by atoms with E-state index in [2.05, 4.69) is 67.2 Å². The number of halogens is 1. The first kappa shape index (κ1) is 24.3. The predicted molar refractivity (Wildman–Crippen MR) is 141 cm³/mol. The second-order valence-corrected chi connectivity index (χ2v) is 8.79. The van der Waals surface area contributed by atoms with Gasteiger partial charge in [-0.15, -0.1) is 35.3 Å². The van der Waals surface area contributed by atoms with E-state index in [-0.39, 0.29) is 24.0 Å². The fourth-order valence-electron chi connectivity index (χ4n) is 4.31. The molecule has 0 bridgehead atoms. The summed E-state index contributed by atoms with van der Waals surface area (Å²) in [4.78, 5) is 10.9. The number of morpholine rings is 1. The number of rotatable bonds is 7. The Balaban J connectivity index is 0.00000272. The molecule has 0 aliphatic carbocycles. The minimum atomic E-state index is 0. The predicted octanol–water partition coefficient (Wildman–Crippen LogP) is 3.70. The van der Waals surface area contributed by atoms with Crippen LogP contribution in [0.3, 0.4) is 0 Å².